The van der Waals surface area contributed by atoms with Crippen molar-refractivity contribution in [3.05, 3.63) is 18.2 Å². The zero-order valence-electron chi connectivity index (χ0n) is 16.0. The van der Waals surface area contributed by atoms with E-state index in [-0.39, 0.29) is 11.8 Å². The molecule has 2 aliphatic rings. The van der Waals surface area contributed by atoms with Crippen molar-refractivity contribution >= 4 is 17.5 Å². The van der Waals surface area contributed by atoms with E-state index in [0.29, 0.717) is 11.4 Å². The molecular formula is C20H28N2O4. The molecule has 1 aliphatic heterocycles. The van der Waals surface area contributed by atoms with Crippen LogP contribution in [0.4, 0.5) is 5.69 Å². The van der Waals surface area contributed by atoms with Crippen LogP contribution in [0.3, 0.4) is 0 Å². The summed E-state index contributed by atoms with van der Waals surface area (Å²) in [7, 11) is 0. The first-order chi connectivity index (χ1) is 12.2. The molecule has 1 aromatic carbocycles. The number of carbonyl (C=O) groups is 2. The molecule has 1 aliphatic carbocycles. The topological polar surface area (TPSA) is 76.7 Å². The first kappa shape index (κ1) is 18.5. The van der Waals surface area contributed by atoms with Crippen molar-refractivity contribution in [2.24, 2.45) is 5.41 Å². The normalized spacial score (nSPS) is 19.1. The van der Waals surface area contributed by atoms with Crippen LogP contribution in [0.2, 0.25) is 0 Å². The van der Waals surface area contributed by atoms with E-state index in [4.69, 9.17) is 9.47 Å². The molecule has 142 valence electrons. The van der Waals surface area contributed by atoms with Crippen LogP contribution in [0.25, 0.3) is 0 Å². The van der Waals surface area contributed by atoms with Gasteiger partial charge in [-0.25, -0.2) is 0 Å². The van der Waals surface area contributed by atoms with Crippen LogP contribution in [0.1, 0.15) is 59.8 Å². The standard InChI is InChI=1S/C20H28N2O4/c1-13(21-18(24)19(2,3)4)17(23)22-14-8-9-15-16(12-14)26-20(25-15)10-6-5-7-11-20/h8-9,12-13H,5-7,10-11H2,1-4H3,(H,21,24)(H,22,23). The Labute approximate surface area is 154 Å². The molecule has 0 saturated heterocycles. The maximum atomic E-state index is 12.4. The minimum Gasteiger partial charge on any atom is -0.448 e. The Morgan fingerprint density at radius 3 is 2.38 bits per heavy atom. The van der Waals surface area contributed by atoms with Crippen LogP contribution in [0, 0.1) is 5.41 Å². The van der Waals surface area contributed by atoms with E-state index in [2.05, 4.69) is 10.6 Å². The molecule has 6 heteroatoms. The Morgan fingerprint density at radius 1 is 1.08 bits per heavy atom. The minimum atomic E-state index is -0.628. The second kappa shape index (κ2) is 6.82. The monoisotopic (exact) mass is 360 g/mol. The number of ether oxygens (including phenoxy) is 2. The van der Waals surface area contributed by atoms with Crippen molar-refractivity contribution in [1.29, 1.82) is 0 Å². The molecule has 0 radical (unpaired) electrons. The number of hydrogen-bond donors (Lipinski definition) is 2. The molecule has 0 aromatic heterocycles. The number of amides is 2. The third kappa shape index (κ3) is 3.94. The molecule has 2 N–H and O–H groups in total. The van der Waals surface area contributed by atoms with E-state index in [1.54, 1.807) is 19.1 Å². The van der Waals surface area contributed by atoms with Crippen molar-refractivity contribution in [3.8, 4) is 11.5 Å². The number of rotatable bonds is 3. The van der Waals surface area contributed by atoms with Crippen LogP contribution in [-0.2, 0) is 9.59 Å². The van der Waals surface area contributed by atoms with Crippen LogP contribution in [0.5, 0.6) is 11.5 Å². The van der Waals surface area contributed by atoms with E-state index in [1.807, 2.05) is 26.8 Å². The lowest BCUT2D eigenvalue weighted by Crippen LogP contribution is -2.46. The maximum absolute atomic E-state index is 12.4. The fourth-order valence-corrected chi connectivity index (χ4v) is 3.20. The average molecular weight is 360 g/mol. The quantitative estimate of drug-likeness (QED) is 0.863. The fourth-order valence-electron chi connectivity index (χ4n) is 3.20. The van der Waals surface area contributed by atoms with Crippen LogP contribution < -0.4 is 20.1 Å². The number of nitrogens with one attached hydrogen (secondary N) is 2. The summed E-state index contributed by atoms with van der Waals surface area (Å²) in [6.07, 6.45) is 5.19. The lowest BCUT2D eigenvalue weighted by molar-refractivity contribution is -0.131. The number of carbonyl (C=O) groups excluding carboxylic acids is 2. The molecule has 1 heterocycles. The van der Waals surface area contributed by atoms with Gasteiger partial charge in [0, 0.05) is 30.0 Å². The molecular weight excluding hydrogens is 332 g/mol. The molecule has 1 aromatic rings. The van der Waals surface area contributed by atoms with Crippen molar-refractivity contribution < 1.29 is 19.1 Å². The van der Waals surface area contributed by atoms with Crippen LogP contribution >= 0.6 is 0 Å². The smallest absolute Gasteiger partial charge is 0.251 e. The first-order valence-corrected chi connectivity index (χ1v) is 9.32. The third-order valence-electron chi connectivity index (χ3n) is 4.84. The van der Waals surface area contributed by atoms with Crippen LogP contribution in [0.15, 0.2) is 18.2 Å². The predicted molar refractivity (Wildman–Crippen MR) is 99.2 cm³/mol. The van der Waals surface area contributed by atoms with Crippen molar-refractivity contribution in [3.63, 3.8) is 0 Å². The van der Waals surface area contributed by atoms with Crippen LogP contribution in [-0.4, -0.2) is 23.6 Å². The molecule has 3 rings (SSSR count). The van der Waals surface area contributed by atoms with Gasteiger partial charge in [0.25, 0.3) is 5.79 Å². The summed E-state index contributed by atoms with van der Waals surface area (Å²) >= 11 is 0. The lowest BCUT2D eigenvalue weighted by Gasteiger charge is -2.31. The number of hydrogen-bond acceptors (Lipinski definition) is 4. The Morgan fingerprint density at radius 2 is 1.73 bits per heavy atom. The Balaban J connectivity index is 1.63. The average Bonchev–Trinajstić information content (AvgIpc) is 2.91. The summed E-state index contributed by atoms with van der Waals surface area (Å²) in [5.74, 6) is 0.422. The largest absolute Gasteiger partial charge is 0.448 e. The molecule has 26 heavy (non-hydrogen) atoms. The van der Waals surface area contributed by atoms with E-state index in [1.165, 1.54) is 6.42 Å². The SMILES string of the molecule is CC(NC(=O)C(C)(C)C)C(=O)Nc1ccc2c(c1)OC1(CCCCC1)O2. The Bertz CT molecular complexity index is 702. The highest BCUT2D eigenvalue weighted by Crippen LogP contribution is 2.46. The zero-order valence-corrected chi connectivity index (χ0v) is 16.0. The molecule has 1 spiro atoms. The van der Waals surface area contributed by atoms with E-state index in [9.17, 15) is 9.59 Å². The summed E-state index contributed by atoms with van der Waals surface area (Å²) in [6, 6.07) is 4.78. The van der Waals surface area contributed by atoms with Gasteiger partial charge >= 0.3 is 0 Å². The molecule has 0 bridgehead atoms. The van der Waals surface area contributed by atoms with Gasteiger partial charge in [-0.3, -0.25) is 9.59 Å². The summed E-state index contributed by atoms with van der Waals surface area (Å²) in [5.41, 5.74) is 0.0868. The Kier molecular flexibility index (Phi) is 4.86. The highest BCUT2D eigenvalue weighted by molar-refractivity contribution is 5.97. The molecule has 1 unspecified atom stereocenters. The summed E-state index contributed by atoms with van der Waals surface area (Å²) < 4.78 is 12.1. The van der Waals surface area contributed by atoms with Gasteiger partial charge in [-0.05, 0) is 31.9 Å². The van der Waals surface area contributed by atoms with Gasteiger partial charge in [-0.1, -0.05) is 27.2 Å². The minimum absolute atomic E-state index is 0.162. The third-order valence-corrected chi connectivity index (χ3v) is 4.84. The summed E-state index contributed by atoms with van der Waals surface area (Å²) in [5, 5.41) is 5.56. The predicted octanol–water partition coefficient (Wildman–Crippen LogP) is 3.61. The lowest BCUT2D eigenvalue weighted by atomic mass is 9.94. The Hall–Kier alpha value is -2.24. The van der Waals surface area contributed by atoms with Crippen molar-refractivity contribution in [2.45, 2.75) is 71.6 Å². The summed E-state index contributed by atoms with van der Waals surface area (Å²) in [6.45, 7) is 7.10. The molecule has 6 nitrogen and oxygen atoms in total. The first-order valence-electron chi connectivity index (χ1n) is 9.32. The van der Waals surface area contributed by atoms with E-state index >= 15 is 0 Å². The van der Waals surface area contributed by atoms with Gasteiger partial charge in [0.2, 0.25) is 11.8 Å². The van der Waals surface area contributed by atoms with Crippen molar-refractivity contribution in [1.82, 2.24) is 5.32 Å². The van der Waals surface area contributed by atoms with Crippen molar-refractivity contribution in [2.75, 3.05) is 5.32 Å². The van der Waals surface area contributed by atoms with Gasteiger partial charge in [0.15, 0.2) is 11.5 Å². The number of benzene rings is 1. The second-order valence-corrected chi connectivity index (χ2v) is 8.27. The molecule has 1 saturated carbocycles. The highest BCUT2D eigenvalue weighted by Gasteiger charge is 2.42. The zero-order chi connectivity index (χ0) is 18.9. The second-order valence-electron chi connectivity index (χ2n) is 8.27. The van der Waals surface area contributed by atoms with Gasteiger partial charge in [0.05, 0.1) is 0 Å². The van der Waals surface area contributed by atoms with E-state index in [0.717, 1.165) is 31.4 Å². The maximum Gasteiger partial charge on any atom is 0.251 e. The van der Waals surface area contributed by atoms with Gasteiger partial charge in [-0.15, -0.1) is 0 Å². The molecule has 2 amide bonds. The summed E-state index contributed by atoms with van der Waals surface area (Å²) in [4.78, 5) is 24.4. The number of anilines is 1. The van der Waals surface area contributed by atoms with Gasteiger partial charge in [0.1, 0.15) is 6.04 Å². The highest BCUT2D eigenvalue weighted by atomic mass is 16.7. The van der Waals surface area contributed by atoms with E-state index < -0.39 is 17.2 Å². The number of fused-ring (bicyclic) bond motifs is 1. The fraction of sp³-hybridized carbons (Fsp3) is 0.600. The van der Waals surface area contributed by atoms with Gasteiger partial charge < -0.3 is 20.1 Å². The molecule has 1 atom stereocenters. The molecule has 1 fully saturated rings. The van der Waals surface area contributed by atoms with Gasteiger partial charge in [-0.2, -0.15) is 0 Å².